The Balaban J connectivity index is 0.000000149. The number of aromatic nitrogens is 6. The van der Waals surface area contributed by atoms with Crippen molar-refractivity contribution < 1.29 is 62.7 Å². The van der Waals surface area contributed by atoms with Gasteiger partial charge in [0.15, 0.2) is 10.0 Å². The van der Waals surface area contributed by atoms with Crippen molar-refractivity contribution in [2.45, 2.75) is 12.1 Å². The molecule has 0 radical (unpaired) electrons. The van der Waals surface area contributed by atoms with Gasteiger partial charge in [0.1, 0.15) is 27.6 Å². The van der Waals surface area contributed by atoms with Crippen LogP contribution in [0, 0.1) is 0 Å². The lowest BCUT2D eigenvalue weighted by molar-refractivity contribution is 0.00849. The highest BCUT2D eigenvalue weighted by molar-refractivity contribution is 9.10. The average molecular weight is 1460 g/mol. The normalized spacial score (nSPS) is 14.1. The third-order valence-electron chi connectivity index (χ3n) is 15.4. The molecular formula is C72H71BrN12O13S2. The van der Waals surface area contributed by atoms with E-state index in [1.54, 1.807) is 122 Å². The number of aromatic carboxylic acids is 1. The first-order valence-electron chi connectivity index (χ1n) is 31.4. The fraction of sp³-hybridized carbons (Fsp3) is 0.222. The number of likely N-dealkylation sites (tertiary alicyclic amines) is 1. The molecule has 516 valence electrons. The van der Waals surface area contributed by atoms with Crippen LogP contribution >= 0.6 is 38.6 Å². The average Bonchev–Trinajstić information content (AvgIpc) is 0.825. The Hall–Kier alpha value is -10.9. The Bertz CT molecular complexity index is 4120. The Kier molecular flexibility index (Phi) is 28.1. The first-order chi connectivity index (χ1) is 48.7. The van der Waals surface area contributed by atoms with Gasteiger partial charge in [-0.05, 0) is 143 Å². The zero-order valence-electron chi connectivity index (χ0n) is 54.4. The third kappa shape index (κ3) is 22.6. The molecule has 0 aliphatic carbocycles. The minimum absolute atomic E-state index is 0.0144. The summed E-state index contributed by atoms with van der Waals surface area (Å²) >= 11 is 6.00. The highest BCUT2D eigenvalue weighted by Crippen LogP contribution is 2.26. The Labute approximate surface area is 593 Å². The number of nitrogens with one attached hydrogen (secondary N) is 1. The Morgan fingerprint density at radius 2 is 0.810 bits per heavy atom. The number of piperazine rings is 2. The maximum absolute atomic E-state index is 12.8. The maximum atomic E-state index is 12.8. The molecule has 14 rings (SSSR count). The number of hydrogen-bond acceptors (Lipinski definition) is 23. The second kappa shape index (κ2) is 38.3. The fourth-order valence-electron chi connectivity index (χ4n) is 9.83. The van der Waals surface area contributed by atoms with Crippen molar-refractivity contribution in [2.75, 3.05) is 92.8 Å². The van der Waals surface area contributed by atoms with E-state index >= 15 is 0 Å². The molecule has 0 unspecified atom stereocenters. The predicted octanol–water partition coefficient (Wildman–Crippen LogP) is 10.7. The Morgan fingerprint density at radius 1 is 0.430 bits per heavy atom. The summed E-state index contributed by atoms with van der Waals surface area (Å²) in [6, 6.07) is 48.8. The van der Waals surface area contributed by atoms with Gasteiger partial charge in [-0.15, -0.1) is 22.7 Å². The molecule has 6 aromatic heterocycles. The molecule has 4 aliphatic heterocycles. The van der Waals surface area contributed by atoms with Gasteiger partial charge in [0.25, 0.3) is 17.7 Å². The number of phenols is 1. The van der Waals surface area contributed by atoms with Crippen molar-refractivity contribution in [2.24, 2.45) is 0 Å². The number of aromatic hydroxyl groups is 1. The molecule has 0 atom stereocenters. The van der Waals surface area contributed by atoms with Crippen molar-refractivity contribution in [3.63, 3.8) is 0 Å². The van der Waals surface area contributed by atoms with E-state index in [2.05, 4.69) is 70.4 Å². The van der Waals surface area contributed by atoms with Crippen LogP contribution in [0.15, 0.2) is 222 Å². The number of carbonyl (C=O) groups excluding carboxylic acids is 5. The smallest absolute Gasteiger partial charge is 0.337 e. The van der Waals surface area contributed by atoms with Crippen molar-refractivity contribution in [3.05, 3.63) is 255 Å². The van der Waals surface area contributed by atoms with E-state index in [-0.39, 0.29) is 35.0 Å². The lowest BCUT2D eigenvalue weighted by Gasteiger charge is -2.48. The number of carboxylic acid groups (broad SMARTS) is 1. The summed E-state index contributed by atoms with van der Waals surface area (Å²) in [6.45, 7) is 10.3. The van der Waals surface area contributed by atoms with Crippen LogP contribution in [-0.4, -0.2) is 205 Å². The third-order valence-corrected chi connectivity index (χ3v) is 17.3. The van der Waals surface area contributed by atoms with E-state index in [1.165, 1.54) is 73.3 Å². The van der Waals surface area contributed by atoms with Crippen molar-refractivity contribution in [3.8, 4) is 40.6 Å². The molecule has 0 saturated carbocycles. The minimum atomic E-state index is -0.954. The molecule has 25 nitrogen and oxygen atoms in total. The maximum Gasteiger partial charge on any atom is 0.337 e. The van der Waals surface area contributed by atoms with Gasteiger partial charge in [0, 0.05) is 162 Å². The van der Waals surface area contributed by atoms with Gasteiger partial charge in [0.2, 0.25) is 17.6 Å². The van der Waals surface area contributed by atoms with Gasteiger partial charge in [-0.2, -0.15) is 0 Å². The molecule has 4 saturated heterocycles. The number of phenolic OH excluding ortho intramolecular Hbond substituents is 1. The van der Waals surface area contributed by atoms with Gasteiger partial charge in [-0.1, -0.05) is 24.3 Å². The van der Waals surface area contributed by atoms with E-state index in [0.29, 0.717) is 99.9 Å². The number of pyridine rings is 4. The van der Waals surface area contributed by atoms with Crippen LogP contribution in [0.4, 0.5) is 0 Å². The summed E-state index contributed by atoms with van der Waals surface area (Å²) in [7, 11) is 2.66. The van der Waals surface area contributed by atoms with Gasteiger partial charge in [0.05, 0.1) is 30.9 Å². The summed E-state index contributed by atoms with van der Waals surface area (Å²) < 4.78 is 26.5. The van der Waals surface area contributed by atoms with E-state index in [1.807, 2.05) is 74.0 Å². The Morgan fingerprint density at radius 3 is 1.13 bits per heavy atom. The number of ether oxygens (including phenoxy) is 5. The van der Waals surface area contributed by atoms with E-state index in [0.717, 1.165) is 57.0 Å². The number of halogens is 1. The van der Waals surface area contributed by atoms with E-state index in [4.69, 9.17) is 24.4 Å². The molecule has 4 aromatic carbocycles. The quantitative estimate of drug-likeness (QED) is 0.0673. The summed E-state index contributed by atoms with van der Waals surface area (Å²) in [5, 5.41) is 25.7. The van der Waals surface area contributed by atoms with E-state index < -0.39 is 11.9 Å². The molecule has 28 heteroatoms. The van der Waals surface area contributed by atoms with Crippen LogP contribution < -0.4 is 19.5 Å². The molecule has 3 N–H and O–H groups in total. The lowest BCUT2D eigenvalue weighted by atomic mass is 10.0. The number of carbonyl (C=O) groups is 6. The zero-order chi connectivity index (χ0) is 70.4. The summed E-state index contributed by atoms with van der Waals surface area (Å²) in [6.07, 6.45) is 10.0. The molecule has 4 fully saturated rings. The van der Waals surface area contributed by atoms with Crippen LogP contribution in [-0.2, 0) is 9.47 Å². The van der Waals surface area contributed by atoms with E-state index in [9.17, 15) is 28.8 Å². The minimum Gasteiger partial charge on any atom is -0.508 e. The standard InChI is InChI=1S/C23H23N5O3S.C13H11NO3.C12H9NO3.C11H16N4OS.C8H8O3.C5H4BrN/c29-22(17-4-6-19(7-5-17)31-20-3-1-2-8-24-20)28-15-18(16-28)26-10-12-27(13-11-26)23(30)21-25-9-14-32-21;1-16-13(15)10-5-7-11(8-6-10)17-12-4-2-3-9-14-12;14-12(15)9-4-6-10(7-5-9)16-11-3-1-2-8-13-11;16-11(10-13-1-6-17-10)15-4-2-14(3-5-15)9-7-12-8-9;1-11-8(10)6-2-4-7(9)5-3-6;6-5-3-1-2-4-7-5/h1-9,14,18H,10-13,15-16H2;2-9H,1H3;1-8H,(H,14,15);1,6,9,12H,2-5,7-8H2;2-5,9H,1H3;1-4H. The van der Waals surface area contributed by atoms with Crippen LogP contribution in [0.5, 0.6) is 40.6 Å². The van der Waals surface area contributed by atoms with Crippen LogP contribution in [0.3, 0.4) is 0 Å². The number of nitrogens with zero attached hydrogens (tertiary/aromatic N) is 11. The fourth-order valence-corrected chi connectivity index (χ4v) is 11.3. The van der Waals surface area contributed by atoms with Gasteiger partial charge < -0.3 is 53.9 Å². The lowest BCUT2D eigenvalue weighted by Crippen LogP contribution is -2.64. The molecule has 0 bridgehead atoms. The van der Waals surface area contributed by atoms with Crippen LogP contribution in [0.1, 0.15) is 61.0 Å². The number of carboxylic acids is 1. The molecule has 0 spiro atoms. The molecule has 3 amide bonds. The molecule has 10 aromatic rings. The topological polar surface area (TPSA) is 295 Å². The number of rotatable bonds is 14. The number of amides is 3. The SMILES string of the molecule is Brc1ccccn1.COC(=O)c1ccc(O)cc1.COC(=O)c1ccc(Oc2ccccn2)cc1.O=C(O)c1ccc(Oc2ccccn2)cc1.O=C(c1ccc(Oc2ccccn2)cc1)N1CC(N2CCN(C(=O)c3nccs3)CC2)C1.O=C(c1nccs1)N1CCN(C2CNC2)CC1. The highest BCUT2D eigenvalue weighted by atomic mass is 79.9. The predicted molar refractivity (Wildman–Crippen MR) is 377 cm³/mol. The summed E-state index contributed by atoms with van der Waals surface area (Å²) in [5.41, 5.74) is 1.80. The van der Waals surface area contributed by atoms with Crippen molar-refractivity contribution in [1.29, 1.82) is 0 Å². The van der Waals surface area contributed by atoms with Crippen molar-refractivity contribution >= 4 is 74.2 Å². The number of methoxy groups -OCH3 is 2. The summed E-state index contributed by atoms with van der Waals surface area (Å²) in [5.74, 6) is 1.89. The van der Waals surface area contributed by atoms with Gasteiger partial charge >= 0.3 is 17.9 Å². The van der Waals surface area contributed by atoms with Gasteiger partial charge in [-0.25, -0.2) is 44.3 Å². The second-order valence-electron chi connectivity index (χ2n) is 21.9. The van der Waals surface area contributed by atoms with Crippen molar-refractivity contribution in [1.82, 2.24) is 59.7 Å². The summed E-state index contributed by atoms with van der Waals surface area (Å²) in [4.78, 5) is 105. The first-order valence-corrected chi connectivity index (χ1v) is 33.9. The second-order valence-corrected chi connectivity index (χ2v) is 24.5. The zero-order valence-corrected chi connectivity index (χ0v) is 57.6. The van der Waals surface area contributed by atoms with Crippen LogP contribution in [0.2, 0.25) is 0 Å². The molecule has 100 heavy (non-hydrogen) atoms. The number of thiazole rings is 2. The van der Waals surface area contributed by atoms with Crippen LogP contribution in [0.25, 0.3) is 0 Å². The monoisotopic (exact) mass is 1450 g/mol. The molecule has 4 aliphatic rings. The highest BCUT2D eigenvalue weighted by Gasteiger charge is 2.37. The largest absolute Gasteiger partial charge is 0.508 e. The number of benzene rings is 4. The molecule has 10 heterocycles. The van der Waals surface area contributed by atoms with Gasteiger partial charge in [-0.3, -0.25) is 24.2 Å². The molecular weight excluding hydrogens is 1380 g/mol. The number of esters is 2. The number of hydrogen-bond donors (Lipinski definition) is 3. The first kappa shape index (κ1) is 73.4.